The van der Waals surface area contributed by atoms with E-state index in [0.29, 0.717) is 11.5 Å². The number of rotatable bonds is 3. The van der Waals surface area contributed by atoms with Crippen LogP contribution in [0.3, 0.4) is 0 Å². The smallest absolute Gasteiger partial charge is 0.328 e. The summed E-state index contributed by atoms with van der Waals surface area (Å²) in [6.45, 7) is 0.254. The molecule has 138 valence electrons. The van der Waals surface area contributed by atoms with Crippen molar-refractivity contribution in [2.45, 2.75) is 6.54 Å². The first-order valence-corrected chi connectivity index (χ1v) is 8.60. The predicted octanol–water partition coefficient (Wildman–Crippen LogP) is 3.19. The molecule has 1 N–H and O–H groups in total. The maximum Gasteiger partial charge on any atom is 0.328 e. The van der Waals surface area contributed by atoms with Crippen LogP contribution >= 0.6 is 0 Å². The van der Waals surface area contributed by atoms with Gasteiger partial charge in [0.15, 0.2) is 0 Å². The van der Waals surface area contributed by atoms with Gasteiger partial charge in [0.2, 0.25) is 0 Å². The first-order chi connectivity index (χ1) is 13.0. The van der Waals surface area contributed by atoms with Crippen LogP contribution in [-0.2, 0) is 13.6 Å². The van der Waals surface area contributed by atoms with Crippen molar-refractivity contribution < 1.29 is 14.0 Å². The van der Waals surface area contributed by atoms with Crippen LogP contribution in [0, 0.1) is 0 Å². The molecule has 0 aliphatic carbocycles. The van der Waals surface area contributed by atoms with Gasteiger partial charge >= 0.3 is 6.03 Å². The molecule has 3 aromatic heterocycles. The molecule has 0 saturated heterocycles. The molecule has 4 rings (SSSR count). The van der Waals surface area contributed by atoms with Crippen LogP contribution in [0.15, 0.2) is 53.1 Å². The summed E-state index contributed by atoms with van der Waals surface area (Å²) in [5.41, 5.74) is 2.86. The summed E-state index contributed by atoms with van der Waals surface area (Å²) in [7, 11) is 5.27. The van der Waals surface area contributed by atoms with Gasteiger partial charge in [-0.1, -0.05) is 18.2 Å². The molecule has 4 aromatic rings. The van der Waals surface area contributed by atoms with Crippen molar-refractivity contribution in [3.8, 4) is 0 Å². The van der Waals surface area contributed by atoms with Crippen molar-refractivity contribution in [1.82, 2.24) is 19.4 Å². The number of para-hydroxylation sites is 1. The number of benzene rings is 1. The lowest BCUT2D eigenvalue weighted by Crippen LogP contribution is -2.32. The number of nitrogens with one attached hydrogen (secondary N) is 1. The molecule has 1 aromatic carbocycles. The zero-order valence-electron chi connectivity index (χ0n) is 15.4. The van der Waals surface area contributed by atoms with Gasteiger partial charge in [-0.25, -0.2) is 4.79 Å². The summed E-state index contributed by atoms with van der Waals surface area (Å²) in [5, 5.41) is 3.75. The Labute approximate surface area is 155 Å². The van der Waals surface area contributed by atoms with Gasteiger partial charge in [0.25, 0.3) is 5.91 Å². The van der Waals surface area contributed by atoms with E-state index in [-0.39, 0.29) is 18.5 Å². The first kappa shape index (κ1) is 17.0. The number of amides is 2. The average molecular weight is 364 g/mol. The Kier molecular flexibility index (Phi) is 3.99. The second-order valence-corrected chi connectivity index (χ2v) is 6.61. The van der Waals surface area contributed by atoms with E-state index in [1.807, 2.05) is 35.9 Å². The maximum absolute atomic E-state index is 12.9. The number of nitrogens with zero attached hydrogens (tertiary/aromatic N) is 3. The third kappa shape index (κ3) is 2.68. The molecule has 0 aliphatic heterocycles. The van der Waals surface area contributed by atoms with E-state index in [1.54, 1.807) is 38.6 Å². The third-order valence-electron chi connectivity index (χ3n) is 4.67. The van der Waals surface area contributed by atoms with Gasteiger partial charge in [-0.2, -0.15) is 0 Å². The van der Waals surface area contributed by atoms with Gasteiger partial charge in [0, 0.05) is 26.5 Å². The number of aryl methyl sites for hydroxylation is 1. The second-order valence-electron chi connectivity index (χ2n) is 6.61. The molecule has 2 amide bonds. The highest BCUT2D eigenvalue weighted by molar-refractivity contribution is 6.14. The van der Waals surface area contributed by atoms with Gasteiger partial charge < -0.3 is 19.2 Å². The van der Waals surface area contributed by atoms with Gasteiger partial charge in [-0.15, -0.1) is 0 Å². The fourth-order valence-electron chi connectivity index (χ4n) is 3.34. The normalized spacial score (nSPS) is 11.2. The van der Waals surface area contributed by atoms with Crippen LogP contribution < -0.4 is 5.32 Å². The van der Waals surface area contributed by atoms with Gasteiger partial charge in [0.05, 0.1) is 29.4 Å². The molecule has 0 bridgehead atoms. The van der Waals surface area contributed by atoms with E-state index in [2.05, 4.69) is 5.32 Å². The molecule has 7 nitrogen and oxygen atoms in total. The van der Waals surface area contributed by atoms with Gasteiger partial charge in [0.1, 0.15) is 11.5 Å². The molecule has 0 saturated carbocycles. The van der Waals surface area contributed by atoms with Crippen LogP contribution in [-0.4, -0.2) is 40.1 Å². The van der Waals surface area contributed by atoms with Gasteiger partial charge in [-0.3, -0.25) is 9.36 Å². The maximum atomic E-state index is 12.9. The Morgan fingerprint density at radius 1 is 1.11 bits per heavy atom. The minimum Gasteiger partial charge on any atom is -0.467 e. The number of carbonyl (C=O) groups excluding carboxylic acids is 2. The highest BCUT2D eigenvalue weighted by atomic mass is 16.3. The van der Waals surface area contributed by atoms with E-state index >= 15 is 0 Å². The largest absolute Gasteiger partial charge is 0.467 e. The number of carbonyl (C=O) groups is 2. The number of hydrogen-bond acceptors (Lipinski definition) is 3. The molecule has 3 heterocycles. The van der Waals surface area contributed by atoms with Crippen LogP contribution in [0.4, 0.5) is 4.79 Å². The van der Waals surface area contributed by atoms with Crippen molar-refractivity contribution in [1.29, 1.82) is 0 Å². The number of fused-ring (bicyclic) bond motifs is 3. The van der Waals surface area contributed by atoms with Crippen molar-refractivity contribution in [2.75, 3.05) is 14.1 Å². The number of hydrogen-bond donors (Lipinski definition) is 1. The Morgan fingerprint density at radius 2 is 1.89 bits per heavy atom. The summed E-state index contributed by atoms with van der Waals surface area (Å²) in [5.74, 6) is 0.317. The Bertz CT molecular complexity index is 1150. The molecule has 7 heteroatoms. The molecule has 0 radical (unpaired) electrons. The van der Waals surface area contributed by atoms with E-state index in [0.717, 1.165) is 21.9 Å². The molecule has 0 atom stereocenters. The molecule has 0 spiro atoms. The van der Waals surface area contributed by atoms with Crippen molar-refractivity contribution >= 4 is 33.9 Å². The number of furan rings is 1. The van der Waals surface area contributed by atoms with Crippen molar-refractivity contribution in [3.05, 3.63) is 60.2 Å². The minimum atomic E-state index is -0.332. The zero-order chi connectivity index (χ0) is 19.1. The molecule has 27 heavy (non-hydrogen) atoms. The zero-order valence-corrected chi connectivity index (χ0v) is 15.4. The van der Waals surface area contributed by atoms with Crippen LogP contribution in [0.25, 0.3) is 21.9 Å². The molecule has 0 fully saturated rings. The van der Waals surface area contributed by atoms with E-state index in [9.17, 15) is 9.59 Å². The fourth-order valence-corrected chi connectivity index (χ4v) is 3.34. The van der Waals surface area contributed by atoms with Crippen molar-refractivity contribution in [3.63, 3.8) is 0 Å². The first-order valence-electron chi connectivity index (χ1n) is 8.60. The Balaban J connectivity index is 1.86. The molecular formula is C20H20N4O3. The summed E-state index contributed by atoms with van der Waals surface area (Å²) >= 11 is 0. The van der Waals surface area contributed by atoms with Crippen LogP contribution in [0.1, 0.15) is 16.2 Å². The molecule has 0 unspecified atom stereocenters. The quantitative estimate of drug-likeness (QED) is 0.607. The van der Waals surface area contributed by atoms with E-state index in [1.165, 1.54) is 9.47 Å². The van der Waals surface area contributed by atoms with E-state index in [4.69, 9.17) is 4.42 Å². The van der Waals surface area contributed by atoms with Crippen LogP contribution in [0.2, 0.25) is 0 Å². The monoisotopic (exact) mass is 364 g/mol. The number of aromatic nitrogens is 2. The molecular weight excluding hydrogens is 344 g/mol. The highest BCUT2D eigenvalue weighted by Gasteiger charge is 2.25. The lowest BCUT2D eigenvalue weighted by atomic mass is 10.2. The molecule has 0 aliphatic rings. The average Bonchev–Trinajstić information content (AvgIpc) is 3.37. The summed E-state index contributed by atoms with van der Waals surface area (Å²) in [6, 6.07) is 12.9. The summed E-state index contributed by atoms with van der Waals surface area (Å²) < 4.78 is 8.73. The summed E-state index contributed by atoms with van der Waals surface area (Å²) in [4.78, 5) is 27.2. The lowest BCUT2D eigenvalue weighted by molar-refractivity contribution is 0.0939. The third-order valence-corrected chi connectivity index (χ3v) is 4.67. The second kappa shape index (κ2) is 6.35. The highest BCUT2D eigenvalue weighted by Crippen LogP contribution is 2.31. The Morgan fingerprint density at radius 3 is 2.59 bits per heavy atom. The summed E-state index contributed by atoms with van der Waals surface area (Å²) in [6.07, 6.45) is 1.56. The lowest BCUT2D eigenvalue weighted by Gasteiger charge is -2.14. The van der Waals surface area contributed by atoms with Crippen molar-refractivity contribution in [2.24, 2.45) is 7.05 Å². The standard InChI is InChI=1S/C20H20N4O3/c1-22(2)20(26)24-17(19(25)21-12-13-7-6-10-27-13)11-16-18(24)14-8-4-5-9-15(14)23(16)3/h4-11H,12H2,1-3H3,(H,21,25). The fraction of sp³-hybridized carbons (Fsp3) is 0.200. The minimum absolute atomic E-state index is 0.254. The van der Waals surface area contributed by atoms with Crippen LogP contribution in [0.5, 0.6) is 0 Å². The van der Waals surface area contributed by atoms with Gasteiger partial charge in [-0.05, 0) is 24.3 Å². The Hall–Kier alpha value is -3.48. The SMILES string of the molecule is CN(C)C(=O)n1c(C(=O)NCc2ccco2)cc2c1c1ccccc1n2C. The van der Waals surface area contributed by atoms with E-state index < -0.39 is 0 Å². The predicted molar refractivity (Wildman–Crippen MR) is 103 cm³/mol. The topological polar surface area (TPSA) is 72.4 Å².